The summed E-state index contributed by atoms with van der Waals surface area (Å²) in [5, 5.41) is 4.04. The lowest BCUT2D eigenvalue weighted by Gasteiger charge is -2.19. The summed E-state index contributed by atoms with van der Waals surface area (Å²) in [7, 11) is 0. The average molecular weight is 294 g/mol. The van der Waals surface area contributed by atoms with Crippen LogP contribution in [-0.4, -0.2) is 25.5 Å². The van der Waals surface area contributed by atoms with Crippen LogP contribution in [-0.2, 0) is 4.79 Å². The number of hydrogen-bond donors (Lipinski definition) is 0. The van der Waals surface area contributed by atoms with Crippen LogP contribution < -0.4 is 0 Å². The molecule has 22 heavy (non-hydrogen) atoms. The number of Topliss-reactive ketones (excluding diaryl/α,β-unsaturated/α-hetero) is 1. The lowest BCUT2D eigenvalue weighted by molar-refractivity contribution is -0.125. The number of hydrogen-bond acceptors (Lipinski definition) is 5. The molecule has 4 rings (SSSR count). The minimum absolute atomic E-state index is 0.0901. The van der Waals surface area contributed by atoms with Crippen molar-refractivity contribution < 1.29 is 9.32 Å². The summed E-state index contributed by atoms with van der Waals surface area (Å²) >= 11 is 0. The molecular formula is C16H14N4O2. The van der Waals surface area contributed by atoms with Crippen LogP contribution in [0.2, 0.25) is 0 Å². The molecule has 0 radical (unpaired) electrons. The van der Waals surface area contributed by atoms with E-state index in [9.17, 15) is 4.79 Å². The molecule has 110 valence electrons. The van der Waals surface area contributed by atoms with E-state index < -0.39 is 0 Å². The molecule has 0 aliphatic heterocycles. The molecule has 0 atom stereocenters. The lowest BCUT2D eigenvalue weighted by atomic mass is 9.84. The summed E-state index contributed by atoms with van der Waals surface area (Å²) < 4.78 is 7.25. The molecule has 3 aromatic rings. The van der Waals surface area contributed by atoms with Gasteiger partial charge in [0, 0.05) is 30.8 Å². The molecule has 1 aliphatic carbocycles. The summed E-state index contributed by atoms with van der Waals surface area (Å²) in [6.07, 6.45) is 6.42. The number of imidazole rings is 1. The van der Waals surface area contributed by atoms with Crippen molar-refractivity contribution in [2.75, 3.05) is 0 Å². The Bertz CT molecular complexity index is 828. The van der Waals surface area contributed by atoms with Gasteiger partial charge in [-0.05, 0) is 18.6 Å². The fourth-order valence-corrected chi connectivity index (χ4v) is 2.61. The van der Waals surface area contributed by atoms with Gasteiger partial charge < -0.3 is 9.09 Å². The quantitative estimate of drug-likeness (QED) is 0.742. The van der Waals surface area contributed by atoms with Crippen LogP contribution in [0.5, 0.6) is 0 Å². The lowest BCUT2D eigenvalue weighted by Crippen LogP contribution is -2.21. The average Bonchev–Trinajstić information content (AvgIpc) is 3.16. The van der Waals surface area contributed by atoms with Gasteiger partial charge in [0.25, 0.3) is 0 Å². The first-order valence-electron chi connectivity index (χ1n) is 7.15. The number of ketones is 1. The van der Waals surface area contributed by atoms with Crippen molar-refractivity contribution >= 4 is 5.78 Å². The van der Waals surface area contributed by atoms with Crippen molar-refractivity contribution in [1.82, 2.24) is 19.7 Å². The van der Waals surface area contributed by atoms with Gasteiger partial charge in [0.2, 0.25) is 11.7 Å². The first kappa shape index (κ1) is 12.9. The van der Waals surface area contributed by atoms with Gasteiger partial charge in [0.1, 0.15) is 5.78 Å². The molecule has 1 fully saturated rings. The maximum atomic E-state index is 11.1. The summed E-state index contributed by atoms with van der Waals surface area (Å²) in [6.45, 7) is 2.04. The molecule has 0 N–H and O–H groups in total. The van der Waals surface area contributed by atoms with E-state index in [1.807, 2.05) is 35.9 Å². The number of benzene rings is 1. The van der Waals surface area contributed by atoms with E-state index in [-0.39, 0.29) is 11.7 Å². The number of carbonyl (C=O) groups is 1. The monoisotopic (exact) mass is 294 g/mol. The predicted molar refractivity (Wildman–Crippen MR) is 78.6 cm³/mol. The van der Waals surface area contributed by atoms with Crippen LogP contribution in [0.3, 0.4) is 0 Å². The van der Waals surface area contributed by atoms with Crippen LogP contribution in [0.4, 0.5) is 0 Å². The highest BCUT2D eigenvalue weighted by molar-refractivity contribution is 5.86. The number of carbonyl (C=O) groups excluding carboxylic acids is 1. The van der Waals surface area contributed by atoms with Crippen LogP contribution in [0.25, 0.3) is 17.1 Å². The minimum atomic E-state index is 0.0901. The zero-order valence-electron chi connectivity index (χ0n) is 12.1. The highest BCUT2D eigenvalue weighted by Gasteiger charge is 2.32. The molecule has 1 aliphatic rings. The van der Waals surface area contributed by atoms with Crippen LogP contribution in [0, 0.1) is 6.92 Å². The minimum Gasteiger partial charge on any atom is -0.339 e. The summed E-state index contributed by atoms with van der Waals surface area (Å²) in [6, 6.07) is 6.00. The maximum Gasteiger partial charge on any atom is 0.230 e. The summed E-state index contributed by atoms with van der Waals surface area (Å²) in [4.78, 5) is 19.6. The van der Waals surface area contributed by atoms with E-state index in [0.717, 1.165) is 16.8 Å². The SMILES string of the molecule is Cc1ccc(-c2noc(C3CC(=O)C3)n2)cc1-n1ccnc1. The molecule has 1 saturated carbocycles. The maximum absolute atomic E-state index is 11.1. The third-order valence-corrected chi connectivity index (χ3v) is 3.99. The third kappa shape index (κ3) is 2.13. The third-order valence-electron chi connectivity index (χ3n) is 3.99. The molecule has 0 bridgehead atoms. The molecule has 0 unspecified atom stereocenters. The van der Waals surface area contributed by atoms with Gasteiger partial charge in [-0.1, -0.05) is 17.3 Å². The molecule has 0 amide bonds. The van der Waals surface area contributed by atoms with Gasteiger partial charge in [-0.2, -0.15) is 4.98 Å². The molecule has 2 heterocycles. The molecule has 0 saturated heterocycles. The predicted octanol–water partition coefficient (Wildman–Crippen LogP) is 2.68. The zero-order chi connectivity index (χ0) is 15.1. The number of rotatable bonds is 3. The second-order valence-electron chi connectivity index (χ2n) is 5.57. The van der Waals surface area contributed by atoms with Gasteiger partial charge >= 0.3 is 0 Å². The molecule has 1 aromatic carbocycles. The van der Waals surface area contributed by atoms with Crippen molar-refractivity contribution in [2.24, 2.45) is 0 Å². The fourth-order valence-electron chi connectivity index (χ4n) is 2.61. The van der Waals surface area contributed by atoms with Crippen molar-refractivity contribution in [2.45, 2.75) is 25.7 Å². The normalized spacial score (nSPS) is 15.0. The van der Waals surface area contributed by atoms with E-state index in [4.69, 9.17) is 4.52 Å². The largest absolute Gasteiger partial charge is 0.339 e. The van der Waals surface area contributed by atoms with E-state index in [0.29, 0.717) is 24.6 Å². The molecule has 6 nitrogen and oxygen atoms in total. The first-order chi connectivity index (χ1) is 10.7. The van der Waals surface area contributed by atoms with Crippen LogP contribution in [0.1, 0.15) is 30.2 Å². The molecule has 0 spiro atoms. The Morgan fingerprint density at radius 1 is 1.32 bits per heavy atom. The van der Waals surface area contributed by atoms with E-state index in [1.165, 1.54) is 0 Å². The van der Waals surface area contributed by atoms with Crippen molar-refractivity contribution in [3.05, 3.63) is 48.4 Å². The Balaban J connectivity index is 1.68. The standard InChI is InChI=1S/C16H14N4O2/c1-10-2-3-11(8-14(10)20-5-4-17-9-20)15-18-16(22-19-15)12-6-13(21)7-12/h2-5,8-9,12H,6-7H2,1H3. The molecular weight excluding hydrogens is 280 g/mol. The van der Waals surface area contributed by atoms with Crippen LogP contribution in [0.15, 0.2) is 41.4 Å². The number of aromatic nitrogens is 4. The Hall–Kier alpha value is -2.76. The highest BCUT2D eigenvalue weighted by atomic mass is 16.5. The number of nitrogens with zero attached hydrogens (tertiary/aromatic N) is 4. The van der Waals surface area contributed by atoms with E-state index >= 15 is 0 Å². The Kier molecular flexibility index (Phi) is 2.89. The smallest absolute Gasteiger partial charge is 0.230 e. The van der Waals surface area contributed by atoms with Crippen LogP contribution >= 0.6 is 0 Å². The molecule has 6 heteroatoms. The summed E-state index contributed by atoms with van der Waals surface area (Å²) in [5.41, 5.74) is 3.05. The van der Waals surface area contributed by atoms with Gasteiger partial charge in [-0.25, -0.2) is 4.98 Å². The Morgan fingerprint density at radius 2 is 2.18 bits per heavy atom. The zero-order valence-corrected chi connectivity index (χ0v) is 12.1. The van der Waals surface area contributed by atoms with Gasteiger partial charge in [-0.3, -0.25) is 4.79 Å². The van der Waals surface area contributed by atoms with Gasteiger partial charge in [0.15, 0.2) is 0 Å². The highest BCUT2D eigenvalue weighted by Crippen LogP contribution is 2.33. The topological polar surface area (TPSA) is 73.8 Å². The van der Waals surface area contributed by atoms with Gasteiger partial charge in [0.05, 0.1) is 17.9 Å². The van der Waals surface area contributed by atoms with E-state index in [2.05, 4.69) is 15.1 Å². The molecule has 2 aromatic heterocycles. The Morgan fingerprint density at radius 3 is 2.91 bits per heavy atom. The Labute approximate surface area is 126 Å². The van der Waals surface area contributed by atoms with Gasteiger partial charge in [-0.15, -0.1) is 0 Å². The second-order valence-corrected chi connectivity index (χ2v) is 5.57. The fraction of sp³-hybridized carbons (Fsp3) is 0.250. The second kappa shape index (κ2) is 4.91. The van der Waals surface area contributed by atoms with Crippen molar-refractivity contribution in [3.8, 4) is 17.1 Å². The van der Waals surface area contributed by atoms with Crippen molar-refractivity contribution in [1.29, 1.82) is 0 Å². The summed E-state index contributed by atoms with van der Waals surface area (Å²) in [5.74, 6) is 1.45. The van der Waals surface area contributed by atoms with E-state index in [1.54, 1.807) is 12.5 Å². The number of aryl methyl sites for hydroxylation is 1. The van der Waals surface area contributed by atoms with Crippen molar-refractivity contribution in [3.63, 3.8) is 0 Å². The first-order valence-corrected chi connectivity index (χ1v) is 7.15.